The fourth-order valence-corrected chi connectivity index (χ4v) is 2.51. The molecule has 0 fully saturated rings. The molecule has 0 aliphatic carbocycles. The van der Waals surface area contributed by atoms with Crippen molar-refractivity contribution in [2.75, 3.05) is 5.43 Å². The molecule has 0 aliphatic rings. The van der Waals surface area contributed by atoms with E-state index in [0.29, 0.717) is 5.69 Å². The fraction of sp³-hybridized carbons (Fsp3) is 0.100. The minimum Gasteiger partial charge on any atom is -0.307 e. The van der Waals surface area contributed by atoms with Crippen LogP contribution in [0.15, 0.2) is 41.6 Å². The Labute approximate surface area is 110 Å². The maximum atomic E-state index is 12.1. The van der Waals surface area contributed by atoms with Crippen molar-refractivity contribution in [3.8, 4) is 0 Å². The van der Waals surface area contributed by atoms with E-state index < -0.39 is 10.0 Å². The van der Waals surface area contributed by atoms with E-state index in [1.807, 2.05) is 0 Å². The molecule has 0 atom stereocenters. The third-order valence-electron chi connectivity index (χ3n) is 2.27. The van der Waals surface area contributed by atoms with E-state index in [2.05, 4.69) is 25.3 Å². The summed E-state index contributed by atoms with van der Waals surface area (Å²) in [6.45, 7) is 0.0368. The summed E-state index contributed by atoms with van der Waals surface area (Å²) in [5.41, 5.74) is 2.75. The number of hydrogen-bond acceptors (Lipinski definition) is 7. The molecule has 0 spiro atoms. The van der Waals surface area contributed by atoms with Gasteiger partial charge in [0.1, 0.15) is 4.90 Å². The molecule has 2 aromatic heterocycles. The van der Waals surface area contributed by atoms with E-state index in [1.54, 1.807) is 12.1 Å². The number of hydrazine groups is 1. The van der Waals surface area contributed by atoms with Crippen LogP contribution in [0.2, 0.25) is 0 Å². The van der Waals surface area contributed by atoms with Crippen LogP contribution in [0, 0.1) is 0 Å². The fourth-order valence-electron chi connectivity index (χ4n) is 1.39. The van der Waals surface area contributed by atoms with E-state index in [-0.39, 0.29) is 17.3 Å². The number of rotatable bonds is 5. The summed E-state index contributed by atoms with van der Waals surface area (Å²) in [5.74, 6) is 5.31. The largest absolute Gasteiger partial charge is 0.307 e. The molecular formula is C10H12N6O2S. The number of sulfonamides is 1. The van der Waals surface area contributed by atoms with Crippen LogP contribution in [-0.2, 0) is 16.6 Å². The van der Waals surface area contributed by atoms with Gasteiger partial charge in [0.15, 0.2) is 5.82 Å². The van der Waals surface area contributed by atoms with E-state index in [4.69, 9.17) is 5.84 Å². The predicted molar refractivity (Wildman–Crippen MR) is 68.1 cm³/mol. The smallest absolute Gasteiger partial charge is 0.244 e. The molecule has 0 radical (unpaired) electrons. The Kier molecular flexibility index (Phi) is 4.00. The zero-order valence-electron chi connectivity index (χ0n) is 9.81. The molecule has 0 saturated carbocycles. The van der Waals surface area contributed by atoms with Crippen molar-refractivity contribution in [3.63, 3.8) is 0 Å². The first-order valence-electron chi connectivity index (χ1n) is 5.31. The number of hydrogen-bond donors (Lipinski definition) is 3. The molecule has 0 saturated heterocycles. The number of aromatic nitrogens is 3. The highest BCUT2D eigenvalue weighted by molar-refractivity contribution is 7.89. The highest BCUT2D eigenvalue weighted by Crippen LogP contribution is 2.16. The lowest BCUT2D eigenvalue weighted by Gasteiger charge is -2.09. The van der Waals surface area contributed by atoms with Crippen LogP contribution >= 0.6 is 0 Å². The maximum absolute atomic E-state index is 12.1. The van der Waals surface area contributed by atoms with E-state index in [0.717, 1.165) is 0 Å². The lowest BCUT2D eigenvalue weighted by Crippen LogP contribution is -2.26. The van der Waals surface area contributed by atoms with Gasteiger partial charge in [-0.25, -0.2) is 24.0 Å². The Morgan fingerprint density at radius 3 is 2.68 bits per heavy atom. The number of nitrogens with zero attached hydrogens (tertiary/aromatic N) is 3. The minimum atomic E-state index is -3.72. The van der Waals surface area contributed by atoms with Crippen molar-refractivity contribution < 1.29 is 8.42 Å². The molecule has 4 N–H and O–H groups in total. The topological polar surface area (TPSA) is 123 Å². The van der Waals surface area contributed by atoms with Gasteiger partial charge in [0, 0.05) is 12.4 Å². The first kappa shape index (κ1) is 13.3. The zero-order valence-corrected chi connectivity index (χ0v) is 10.6. The molecule has 100 valence electrons. The van der Waals surface area contributed by atoms with Gasteiger partial charge in [0.05, 0.1) is 12.2 Å². The molecule has 0 aromatic carbocycles. The Balaban J connectivity index is 2.19. The first-order chi connectivity index (χ1) is 9.13. The van der Waals surface area contributed by atoms with E-state index in [1.165, 1.54) is 24.5 Å². The van der Waals surface area contributed by atoms with Crippen molar-refractivity contribution >= 4 is 15.8 Å². The summed E-state index contributed by atoms with van der Waals surface area (Å²) in [6, 6.07) is 6.26. The quantitative estimate of drug-likeness (QED) is 0.504. The summed E-state index contributed by atoms with van der Waals surface area (Å²) >= 11 is 0. The van der Waals surface area contributed by atoms with Crippen molar-refractivity contribution in [3.05, 3.63) is 42.4 Å². The molecule has 0 amide bonds. The second-order valence-electron chi connectivity index (χ2n) is 3.53. The molecule has 19 heavy (non-hydrogen) atoms. The van der Waals surface area contributed by atoms with Gasteiger partial charge < -0.3 is 5.43 Å². The highest BCUT2D eigenvalue weighted by Gasteiger charge is 2.18. The van der Waals surface area contributed by atoms with Gasteiger partial charge in [-0.05, 0) is 24.3 Å². The van der Waals surface area contributed by atoms with E-state index >= 15 is 0 Å². The predicted octanol–water partition coefficient (Wildman–Crippen LogP) is -0.364. The monoisotopic (exact) mass is 280 g/mol. The number of pyridine rings is 1. The maximum Gasteiger partial charge on any atom is 0.244 e. The van der Waals surface area contributed by atoms with Gasteiger partial charge in [0.2, 0.25) is 10.0 Å². The Hall–Kier alpha value is -2.10. The number of nitrogen functional groups attached to an aromatic ring is 1. The first-order valence-corrected chi connectivity index (χ1v) is 6.79. The molecule has 0 aliphatic heterocycles. The summed E-state index contributed by atoms with van der Waals surface area (Å²) in [7, 11) is -3.72. The molecule has 0 unspecified atom stereocenters. The molecular weight excluding hydrogens is 268 g/mol. The molecule has 9 heteroatoms. The van der Waals surface area contributed by atoms with Crippen molar-refractivity contribution in [1.82, 2.24) is 19.9 Å². The van der Waals surface area contributed by atoms with Crippen molar-refractivity contribution in [2.24, 2.45) is 5.84 Å². The average Bonchev–Trinajstić information content (AvgIpc) is 2.46. The summed E-state index contributed by atoms with van der Waals surface area (Å²) in [5, 5.41) is 7.45. The lowest BCUT2D eigenvalue weighted by molar-refractivity contribution is 0.580. The molecule has 2 heterocycles. The van der Waals surface area contributed by atoms with Gasteiger partial charge in [-0.15, -0.1) is 0 Å². The Morgan fingerprint density at radius 2 is 2.00 bits per heavy atom. The van der Waals surface area contributed by atoms with Crippen LogP contribution in [0.25, 0.3) is 0 Å². The second kappa shape index (κ2) is 5.69. The SMILES string of the molecule is NNc1ncccc1S(=O)(=O)NCc1cccnn1. The van der Waals surface area contributed by atoms with Gasteiger partial charge >= 0.3 is 0 Å². The number of nitrogens with two attached hydrogens (primary N) is 1. The van der Waals surface area contributed by atoms with Crippen molar-refractivity contribution in [2.45, 2.75) is 11.4 Å². The lowest BCUT2D eigenvalue weighted by atomic mass is 10.4. The molecule has 2 rings (SSSR count). The van der Waals surface area contributed by atoms with Gasteiger partial charge in [-0.2, -0.15) is 10.2 Å². The van der Waals surface area contributed by atoms with Crippen LogP contribution in [-0.4, -0.2) is 23.6 Å². The van der Waals surface area contributed by atoms with Gasteiger partial charge in [-0.1, -0.05) is 0 Å². The van der Waals surface area contributed by atoms with Gasteiger partial charge in [-0.3, -0.25) is 0 Å². The standard InChI is InChI=1S/C10H12N6O2S/c11-15-10-9(4-2-5-12-10)19(17,18)14-7-8-3-1-6-13-16-8/h1-6,14H,7,11H2,(H,12,15). The molecule has 2 aromatic rings. The summed E-state index contributed by atoms with van der Waals surface area (Å²) in [6.07, 6.45) is 2.95. The normalized spacial score (nSPS) is 11.2. The summed E-state index contributed by atoms with van der Waals surface area (Å²) in [4.78, 5) is 3.81. The highest BCUT2D eigenvalue weighted by atomic mass is 32.2. The zero-order chi connectivity index (χ0) is 13.7. The van der Waals surface area contributed by atoms with Crippen molar-refractivity contribution in [1.29, 1.82) is 0 Å². The number of anilines is 1. The second-order valence-corrected chi connectivity index (χ2v) is 5.27. The van der Waals surface area contributed by atoms with Crippen LogP contribution in [0.5, 0.6) is 0 Å². The Morgan fingerprint density at radius 1 is 1.21 bits per heavy atom. The van der Waals surface area contributed by atoms with E-state index in [9.17, 15) is 8.42 Å². The van der Waals surface area contributed by atoms with Gasteiger partial charge in [0.25, 0.3) is 0 Å². The molecule has 0 bridgehead atoms. The minimum absolute atomic E-state index is 0.0265. The average molecular weight is 280 g/mol. The van der Waals surface area contributed by atoms with Crippen LogP contribution < -0.4 is 16.0 Å². The van der Waals surface area contributed by atoms with Crippen LogP contribution in [0.3, 0.4) is 0 Å². The number of nitrogens with one attached hydrogen (secondary N) is 2. The Bertz CT molecular complexity index is 646. The molecule has 8 nitrogen and oxygen atoms in total. The third-order valence-corrected chi connectivity index (χ3v) is 3.70. The summed E-state index contributed by atoms with van der Waals surface area (Å²) < 4.78 is 26.6. The van der Waals surface area contributed by atoms with Crippen LogP contribution in [0.1, 0.15) is 5.69 Å². The third kappa shape index (κ3) is 3.22. The van der Waals surface area contributed by atoms with Crippen LogP contribution in [0.4, 0.5) is 5.82 Å².